The Balaban J connectivity index is 1.94. The molecule has 2 rings (SSSR count). The first-order valence-corrected chi connectivity index (χ1v) is 7.49. The molecule has 2 nitrogen and oxygen atoms in total. The highest BCUT2D eigenvalue weighted by Crippen LogP contribution is 2.33. The monoisotopic (exact) mass is 301 g/mol. The van der Waals surface area contributed by atoms with Gasteiger partial charge in [0, 0.05) is 13.1 Å². The summed E-state index contributed by atoms with van der Waals surface area (Å²) in [7, 11) is 0. The van der Waals surface area contributed by atoms with Crippen LogP contribution in [0.5, 0.6) is 0 Å². The summed E-state index contributed by atoms with van der Waals surface area (Å²) in [5.41, 5.74) is -0.114. The molecule has 0 amide bonds. The lowest BCUT2D eigenvalue weighted by Gasteiger charge is -2.32. The Bertz CT molecular complexity index is 445. The zero-order valence-corrected chi connectivity index (χ0v) is 12.1. The Morgan fingerprint density at radius 1 is 1.24 bits per heavy atom. The topological polar surface area (TPSA) is 23.5 Å². The number of rotatable bonds is 5. The number of aliphatic hydroxyl groups excluding tert-OH is 1. The van der Waals surface area contributed by atoms with Gasteiger partial charge in [-0.3, -0.25) is 0 Å². The predicted octanol–water partition coefficient (Wildman–Crippen LogP) is 3.34. The number of aryl methyl sites for hydroxylation is 1. The summed E-state index contributed by atoms with van der Waals surface area (Å²) >= 11 is 0. The maximum absolute atomic E-state index is 12.9. The molecule has 0 unspecified atom stereocenters. The third-order valence-corrected chi connectivity index (χ3v) is 4.16. The van der Waals surface area contributed by atoms with Crippen molar-refractivity contribution in [2.24, 2.45) is 5.92 Å². The van der Waals surface area contributed by atoms with Crippen molar-refractivity contribution in [3.8, 4) is 0 Å². The van der Waals surface area contributed by atoms with Gasteiger partial charge in [0.15, 0.2) is 0 Å². The molecule has 0 bridgehead atoms. The summed E-state index contributed by atoms with van der Waals surface area (Å²) < 4.78 is 38.8. The van der Waals surface area contributed by atoms with Gasteiger partial charge in [-0.2, -0.15) is 13.2 Å². The Kier molecular flexibility index (Phi) is 5.65. The standard InChI is InChI=1S/C16H22F3NO/c17-16(18,19)15-6-2-1-5-14(15)8-7-13-4-3-9-20(12-13)10-11-21/h1-2,5-6,13,21H,3-4,7-12H2/t13-/m0/s1. The molecule has 0 spiro atoms. The zero-order valence-electron chi connectivity index (χ0n) is 12.1. The van der Waals surface area contributed by atoms with E-state index in [0.29, 0.717) is 24.4 Å². The Hall–Kier alpha value is -1.07. The van der Waals surface area contributed by atoms with Gasteiger partial charge >= 0.3 is 6.18 Å². The van der Waals surface area contributed by atoms with E-state index in [9.17, 15) is 13.2 Å². The van der Waals surface area contributed by atoms with E-state index in [1.165, 1.54) is 6.07 Å². The van der Waals surface area contributed by atoms with Crippen LogP contribution in [0.25, 0.3) is 0 Å². The second-order valence-electron chi connectivity index (χ2n) is 5.73. The number of benzene rings is 1. The minimum Gasteiger partial charge on any atom is -0.395 e. The third-order valence-electron chi connectivity index (χ3n) is 4.16. The highest BCUT2D eigenvalue weighted by Gasteiger charge is 2.32. The molecule has 0 radical (unpaired) electrons. The molecule has 0 aliphatic carbocycles. The molecule has 0 aromatic heterocycles. The fourth-order valence-electron chi connectivity index (χ4n) is 3.11. The molecule has 5 heteroatoms. The smallest absolute Gasteiger partial charge is 0.395 e. The van der Waals surface area contributed by atoms with Gasteiger partial charge in [0.25, 0.3) is 0 Å². The number of hydrogen-bond acceptors (Lipinski definition) is 2. The van der Waals surface area contributed by atoms with E-state index in [0.717, 1.165) is 38.4 Å². The van der Waals surface area contributed by atoms with Crippen molar-refractivity contribution in [1.82, 2.24) is 4.90 Å². The molecule has 1 aromatic carbocycles. The molecule has 1 aliphatic heterocycles. The molecule has 1 saturated heterocycles. The van der Waals surface area contributed by atoms with Crippen molar-refractivity contribution < 1.29 is 18.3 Å². The fourth-order valence-corrected chi connectivity index (χ4v) is 3.11. The molecular weight excluding hydrogens is 279 g/mol. The molecule has 21 heavy (non-hydrogen) atoms. The second kappa shape index (κ2) is 7.27. The van der Waals surface area contributed by atoms with Gasteiger partial charge in [-0.15, -0.1) is 0 Å². The summed E-state index contributed by atoms with van der Waals surface area (Å²) in [6, 6.07) is 5.85. The maximum atomic E-state index is 12.9. The van der Waals surface area contributed by atoms with Gasteiger partial charge in [-0.25, -0.2) is 0 Å². The highest BCUT2D eigenvalue weighted by molar-refractivity contribution is 5.29. The van der Waals surface area contributed by atoms with Crippen molar-refractivity contribution in [3.05, 3.63) is 35.4 Å². The lowest BCUT2D eigenvalue weighted by Crippen LogP contribution is -2.37. The molecule has 1 aliphatic rings. The minimum atomic E-state index is -4.27. The third kappa shape index (κ3) is 4.71. The lowest BCUT2D eigenvalue weighted by atomic mass is 9.90. The summed E-state index contributed by atoms with van der Waals surface area (Å²) in [5.74, 6) is 0.423. The van der Waals surface area contributed by atoms with Crippen LogP contribution in [0, 0.1) is 5.92 Å². The van der Waals surface area contributed by atoms with Crippen LogP contribution in [0.15, 0.2) is 24.3 Å². The number of nitrogens with zero attached hydrogens (tertiary/aromatic N) is 1. The van der Waals surface area contributed by atoms with Crippen molar-refractivity contribution in [2.45, 2.75) is 31.9 Å². The quantitative estimate of drug-likeness (QED) is 0.901. The van der Waals surface area contributed by atoms with E-state index < -0.39 is 11.7 Å². The molecule has 1 fully saturated rings. The Morgan fingerprint density at radius 2 is 2.00 bits per heavy atom. The number of likely N-dealkylation sites (tertiary alicyclic amines) is 1. The van der Waals surface area contributed by atoms with Crippen LogP contribution < -0.4 is 0 Å². The van der Waals surface area contributed by atoms with Crippen LogP contribution in [0.3, 0.4) is 0 Å². The van der Waals surface area contributed by atoms with Crippen molar-refractivity contribution in [1.29, 1.82) is 0 Å². The molecule has 0 saturated carbocycles. The fraction of sp³-hybridized carbons (Fsp3) is 0.625. The SMILES string of the molecule is OCCN1CCC[C@@H](CCc2ccccc2C(F)(F)F)C1. The van der Waals surface area contributed by atoms with Crippen LogP contribution >= 0.6 is 0 Å². The summed E-state index contributed by atoms with van der Waals surface area (Å²) in [6.07, 6.45) is -0.907. The van der Waals surface area contributed by atoms with Crippen molar-refractivity contribution in [3.63, 3.8) is 0 Å². The molecule has 118 valence electrons. The molecular formula is C16H22F3NO. The van der Waals surface area contributed by atoms with Gasteiger partial charge < -0.3 is 10.0 Å². The Labute approximate surface area is 123 Å². The number of alkyl halides is 3. The lowest BCUT2D eigenvalue weighted by molar-refractivity contribution is -0.138. The van der Waals surface area contributed by atoms with Gasteiger partial charge in [0.2, 0.25) is 0 Å². The normalized spacial score (nSPS) is 20.7. The van der Waals surface area contributed by atoms with Gasteiger partial charge in [0.05, 0.1) is 12.2 Å². The van der Waals surface area contributed by atoms with Crippen LogP contribution in [-0.4, -0.2) is 36.2 Å². The molecule has 1 heterocycles. The first-order chi connectivity index (χ1) is 10.0. The van der Waals surface area contributed by atoms with Crippen LogP contribution in [-0.2, 0) is 12.6 Å². The van der Waals surface area contributed by atoms with Crippen LogP contribution in [0.4, 0.5) is 13.2 Å². The first-order valence-electron chi connectivity index (χ1n) is 7.49. The summed E-state index contributed by atoms with van der Waals surface area (Å²) in [5, 5.41) is 8.97. The number of aliphatic hydroxyl groups is 1. The highest BCUT2D eigenvalue weighted by atomic mass is 19.4. The van der Waals surface area contributed by atoms with Gasteiger partial charge in [-0.05, 0) is 49.8 Å². The minimum absolute atomic E-state index is 0.142. The van der Waals surface area contributed by atoms with Crippen molar-refractivity contribution >= 4 is 0 Å². The second-order valence-corrected chi connectivity index (χ2v) is 5.73. The van der Waals surface area contributed by atoms with E-state index in [1.54, 1.807) is 12.1 Å². The van der Waals surface area contributed by atoms with E-state index in [2.05, 4.69) is 4.90 Å². The van der Waals surface area contributed by atoms with Gasteiger partial charge in [-0.1, -0.05) is 18.2 Å². The first kappa shape index (κ1) is 16.3. The maximum Gasteiger partial charge on any atom is 0.416 e. The van der Waals surface area contributed by atoms with Crippen molar-refractivity contribution in [2.75, 3.05) is 26.2 Å². The van der Waals surface area contributed by atoms with Crippen LogP contribution in [0.2, 0.25) is 0 Å². The number of hydrogen-bond donors (Lipinski definition) is 1. The molecule has 1 N–H and O–H groups in total. The molecule has 1 aromatic rings. The average molecular weight is 301 g/mol. The average Bonchev–Trinajstić information content (AvgIpc) is 2.45. The van der Waals surface area contributed by atoms with E-state index in [-0.39, 0.29) is 6.61 Å². The molecule has 1 atom stereocenters. The van der Waals surface area contributed by atoms with E-state index in [4.69, 9.17) is 5.11 Å². The largest absolute Gasteiger partial charge is 0.416 e. The van der Waals surface area contributed by atoms with Gasteiger partial charge in [0.1, 0.15) is 0 Å². The zero-order chi connectivity index (χ0) is 15.3. The van der Waals surface area contributed by atoms with Crippen LogP contribution in [0.1, 0.15) is 30.4 Å². The van der Waals surface area contributed by atoms with E-state index >= 15 is 0 Å². The number of halogens is 3. The predicted molar refractivity (Wildman–Crippen MR) is 76.0 cm³/mol. The number of β-amino-alcohol motifs (C(OH)–C–C–N with tert-alkyl or cyclic N) is 1. The Morgan fingerprint density at radius 3 is 2.71 bits per heavy atom. The van der Waals surface area contributed by atoms with E-state index in [1.807, 2.05) is 0 Å². The summed E-state index contributed by atoms with van der Waals surface area (Å²) in [4.78, 5) is 2.20. The summed E-state index contributed by atoms with van der Waals surface area (Å²) in [6.45, 7) is 2.67. The number of piperidine rings is 1.